The third-order valence-corrected chi connectivity index (χ3v) is 22.6. The van der Waals surface area contributed by atoms with Crippen LogP contribution in [0.5, 0.6) is 11.5 Å². The Labute approximate surface area is 609 Å². The van der Waals surface area contributed by atoms with E-state index >= 15 is 29.4 Å². The van der Waals surface area contributed by atoms with Crippen molar-refractivity contribution in [3.8, 4) is 33.8 Å². The zero-order valence-electron chi connectivity index (χ0n) is 68.2. The zero-order valence-corrected chi connectivity index (χ0v) is 69.8. The van der Waals surface area contributed by atoms with Gasteiger partial charge in [-0.25, -0.2) is 0 Å². The van der Waals surface area contributed by atoms with E-state index in [1.165, 1.54) is 0 Å². The van der Waals surface area contributed by atoms with Crippen LogP contribution < -0.4 is 24.6 Å². The molecule has 0 unspecified atom stereocenters. The summed E-state index contributed by atoms with van der Waals surface area (Å²) in [7, 11) is 0. The van der Waals surface area contributed by atoms with Crippen molar-refractivity contribution in [2.45, 2.75) is 271 Å². The highest BCUT2D eigenvalue weighted by molar-refractivity contribution is 7.12. The van der Waals surface area contributed by atoms with Gasteiger partial charge in [0.05, 0.1) is 9.06 Å². The largest absolute Gasteiger partial charge is 0.872 e. The van der Waals surface area contributed by atoms with Crippen LogP contribution in [0.25, 0.3) is 44.5 Å². The van der Waals surface area contributed by atoms with Crippen molar-refractivity contribution in [3.63, 3.8) is 0 Å². The lowest BCUT2D eigenvalue weighted by molar-refractivity contribution is -0.271. The highest BCUT2D eigenvalue weighted by Crippen LogP contribution is 2.50. The van der Waals surface area contributed by atoms with Gasteiger partial charge in [-0.15, -0.1) is 28.4 Å². The van der Waals surface area contributed by atoms with Crippen molar-refractivity contribution in [2.75, 3.05) is 0 Å². The van der Waals surface area contributed by atoms with Gasteiger partial charge in [-0.1, -0.05) is 261 Å². The highest BCUT2D eigenvalue weighted by Gasteiger charge is 2.41. The Bertz CT molecular complexity index is 4620. The molecule has 0 fully saturated rings. The number of carbonyl (C=O) groups is 4. The molecule has 0 aliphatic heterocycles. The number of ketones is 4. The van der Waals surface area contributed by atoms with E-state index in [2.05, 4.69) is 322 Å². The standard InChI is InChI=1S/C92H121O6S2/c1-81(2,3)55-37-49(38-56(71(55)93)82(4,5)6)67-69(51-41-59(85(13,14)15)73(95)60(42-51)86(16,17)18)79(99-77(67)53-45-63(89(25,26)27)75(97)64(46-53)90(28,29)30)80-70(52-43-61(87(19,20)21)74(96)62(44-52)88(22,23)24)68(50-39-57(83(7,8)9)72(94)58(40-50)84(10,11)12)78(100-80)54-47-65(91(31,32)33)76(98)66(48-54)92(34,35)36/h37-48,93H,1-36H3/p-1/b80-79+. The van der Waals surface area contributed by atoms with Crippen LogP contribution >= 0.6 is 22.7 Å². The van der Waals surface area contributed by atoms with Gasteiger partial charge < -0.3 is 5.11 Å². The Kier molecular flexibility index (Phi) is 19.9. The molecule has 0 saturated carbocycles. The van der Waals surface area contributed by atoms with Crippen molar-refractivity contribution in [1.29, 1.82) is 0 Å². The Balaban J connectivity index is 2.10. The first-order valence-electron chi connectivity index (χ1n) is 36.2. The molecule has 100 heavy (non-hydrogen) atoms. The molecule has 0 amide bonds. The second-order valence-electron chi connectivity index (χ2n) is 41.4. The third-order valence-electron chi connectivity index (χ3n) is 19.9. The molecule has 2 aromatic carbocycles. The lowest BCUT2D eigenvalue weighted by Gasteiger charge is -2.34. The SMILES string of the molecule is CC(C)(C)C1=CC(=c2s/c(=c3/sc(=C4C=C(C(C)(C)C)C(=O)C(C(C)(C)C)=C4)c(=C4C=C(C(C)(C)C)C(=O)C(C(C)(C)C)=C4)c3=C3C=C(C(C)(C)C)C(=O)C(C(C)(C)C)=C3)c(-c3cc(C(C)(C)C)c([O])c(C(C)(C)C)c3)c2-c2cc(C(C)(C)C)c([O-])c(C(C)(C)C)c2)C=C(C(C)(C)C)C1=O. The van der Waals surface area contributed by atoms with Gasteiger partial charge in [-0.3, -0.25) is 24.3 Å². The summed E-state index contributed by atoms with van der Waals surface area (Å²) < 4.78 is 3.51. The number of hydrogen-bond acceptors (Lipinski definition) is 7. The van der Waals surface area contributed by atoms with Gasteiger partial charge in [-0.05, 0) is 170 Å². The minimum absolute atomic E-state index is 0.00127. The zero-order chi connectivity index (χ0) is 76.4. The summed E-state index contributed by atoms with van der Waals surface area (Å²) in [5, 5.41) is 32.8. The second-order valence-corrected chi connectivity index (χ2v) is 43.5. The number of hydrogen-bond donors (Lipinski definition) is 0. The quantitative estimate of drug-likeness (QED) is 0.198. The first kappa shape index (κ1) is 79.2. The maximum Gasteiger partial charge on any atom is 0.186 e. The van der Waals surface area contributed by atoms with Crippen molar-refractivity contribution < 1.29 is 29.4 Å². The summed E-state index contributed by atoms with van der Waals surface area (Å²) in [4.78, 5) is 61.8. The molecule has 8 heteroatoms. The Morgan fingerprint density at radius 2 is 0.450 bits per heavy atom. The smallest absolute Gasteiger partial charge is 0.186 e. The fourth-order valence-corrected chi connectivity index (χ4v) is 16.8. The van der Waals surface area contributed by atoms with Gasteiger partial charge in [0.25, 0.3) is 0 Å². The molecule has 537 valence electrons. The lowest BCUT2D eigenvalue weighted by Crippen LogP contribution is -2.40. The monoisotopic (exact) mass is 1380 g/mol. The van der Waals surface area contributed by atoms with Crippen LogP contribution in [0.2, 0.25) is 0 Å². The molecule has 1 radical (unpaired) electrons. The second kappa shape index (κ2) is 25.2. The molecule has 0 saturated heterocycles. The van der Waals surface area contributed by atoms with Crippen molar-refractivity contribution in [1.82, 2.24) is 0 Å². The topological polar surface area (TPSA) is 111 Å². The number of carbonyl (C=O) groups excluding carboxylic acids is 4. The van der Waals surface area contributed by atoms with E-state index < -0.39 is 65.0 Å². The fourth-order valence-electron chi connectivity index (χ4n) is 14.0. The predicted octanol–water partition coefficient (Wildman–Crippen LogP) is 21.6. The van der Waals surface area contributed by atoms with E-state index in [1.54, 1.807) is 22.7 Å². The molecular weight excluding hydrogens is 1270 g/mol. The summed E-state index contributed by atoms with van der Waals surface area (Å²) in [6.07, 6.45) is 17.0. The number of allylic oxidation sites excluding steroid dienone is 16. The van der Waals surface area contributed by atoms with E-state index in [-0.39, 0.29) is 34.6 Å². The maximum absolute atomic E-state index is 15.6. The van der Waals surface area contributed by atoms with Crippen LogP contribution in [0, 0.1) is 52.4 Å². The number of Topliss-reactive ketones (excluding diaryl/α,β-unsaturated/α-hetero) is 4. The molecule has 4 aliphatic rings. The molecule has 2 heterocycles. The van der Waals surface area contributed by atoms with Crippen LogP contribution in [-0.4, -0.2) is 23.1 Å². The molecule has 0 atom stereocenters. The Morgan fingerprint density at radius 1 is 0.250 bits per heavy atom. The van der Waals surface area contributed by atoms with Crippen LogP contribution in [0.15, 0.2) is 117 Å². The summed E-state index contributed by atoms with van der Waals surface area (Å²) in [5.41, 5.74) is 7.43. The molecule has 2 aromatic heterocycles. The van der Waals surface area contributed by atoms with E-state index in [0.29, 0.717) is 66.8 Å². The average Bonchev–Trinajstić information content (AvgIpc) is 1.53. The summed E-state index contributed by atoms with van der Waals surface area (Å²) in [5.74, 6) is -0.0420. The number of rotatable bonds is 2. The highest BCUT2D eigenvalue weighted by atomic mass is 32.1. The van der Waals surface area contributed by atoms with Crippen LogP contribution in [0.4, 0.5) is 0 Å². The molecular formula is C92H120O6S2-. The van der Waals surface area contributed by atoms with Crippen molar-refractivity contribution in [2.24, 2.45) is 43.3 Å². The average molecular weight is 1390 g/mol. The molecule has 0 N–H and O–H groups in total. The van der Waals surface area contributed by atoms with Gasteiger partial charge in [0.15, 0.2) is 28.9 Å². The third kappa shape index (κ3) is 15.3. The van der Waals surface area contributed by atoms with Gasteiger partial charge in [0, 0.05) is 86.3 Å². The van der Waals surface area contributed by atoms with Gasteiger partial charge in [0.2, 0.25) is 0 Å². The minimum atomic E-state index is -0.629. The summed E-state index contributed by atoms with van der Waals surface area (Å²) >= 11 is 3.31. The number of benzene rings is 2. The lowest BCUT2D eigenvalue weighted by atomic mass is 9.71. The number of thiophene rings is 2. The van der Waals surface area contributed by atoms with Crippen molar-refractivity contribution in [3.05, 3.63) is 168 Å². The maximum atomic E-state index is 15.6. The molecule has 4 aromatic rings. The van der Waals surface area contributed by atoms with Crippen LogP contribution in [-0.2, 0) is 45.9 Å². The van der Waals surface area contributed by atoms with E-state index in [9.17, 15) is 0 Å². The Morgan fingerprint density at radius 3 is 0.690 bits per heavy atom. The van der Waals surface area contributed by atoms with E-state index in [1.807, 2.05) is 0 Å². The van der Waals surface area contributed by atoms with Crippen LogP contribution in [0.1, 0.15) is 272 Å². The van der Waals surface area contributed by atoms with E-state index in [0.717, 1.165) is 73.1 Å². The fraction of sp³-hybridized carbons (Fsp3) is 0.522. The van der Waals surface area contributed by atoms with Crippen molar-refractivity contribution >= 4 is 68.1 Å². The molecule has 0 bridgehead atoms. The van der Waals surface area contributed by atoms with Crippen LogP contribution in [0.3, 0.4) is 0 Å². The predicted molar refractivity (Wildman–Crippen MR) is 424 cm³/mol. The normalized spacial score (nSPS) is 17.7. The summed E-state index contributed by atoms with van der Waals surface area (Å²) in [6, 6.07) is 8.49. The molecule has 4 aliphatic carbocycles. The van der Waals surface area contributed by atoms with Gasteiger partial charge >= 0.3 is 0 Å². The first-order chi connectivity index (χ1) is 44.7. The summed E-state index contributed by atoms with van der Waals surface area (Å²) in [6.45, 7) is 75.8. The molecule has 6 nitrogen and oxygen atoms in total. The molecule has 0 spiro atoms. The van der Waals surface area contributed by atoms with Gasteiger partial charge in [-0.2, -0.15) is 0 Å². The van der Waals surface area contributed by atoms with E-state index in [4.69, 9.17) is 0 Å². The molecule has 8 rings (SSSR count). The first-order valence-corrected chi connectivity index (χ1v) is 37.9. The minimum Gasteiger partial charge on any atom is -0.872 e. The van der Waals surface area contributed by atoms with Gasteiger partial charge in [0.1, 0.15) is 0 Å². The Hall–Kier alpha value is -6.48.